The van der Waals surface area contributed by atoms with E-state index >= 15 is 0 Å². The highest BCUT2D eigenvalue weighted by molar-refractivity contribution is 5.25. The molecule has 0 aliphatic carbocycles. The van der Waals surface area contributed by atoms with Crippen molar-refractivity contribution in [1.29, 1.82) is 0 Å². The lowest BCUT2D eigenvalue weighted by molar-refractivity contribution is 0.117. The molecule has 2 unspecified atom stereocenters. The van der Waals surface area contributed by atoms with E-state index in [0.29, 0.717) is 6.61 Å². The minimum absolute atomic E-state index is 0.0761. The zero-order chi connectivity index (χ0) is 14.1. The SMILES string of the molecule is CCCc1ccc(C(O)C(CC)NCCOC)cc1. The van der Waals surface area contributed by atoms with Crippen molar-refractivity contribution >= 4 is 0 Å². The molecule has 0 radical (unpaired) electrons. The van der Waals surface area contributed by atoms with Gasteiger partial charge in [0.15, 0.2) is 0 Å². The van der Waals surface area contributed by atoms with E-state index < -0.39 is 6.10 Å². The summed E-state index contributed by atoms with van der Waals surface area (Å²) in [5.74, 6) is 0. The average molecular weight is 265 g/mol. The molecule has 0 spiro atoms. The van der Waals surface area contributed by atoms with Gasteiger partial charge < -0.3 is 15.2 Å². The van der Waals surface area contributed by atoms with Crippen molar-refractivity contribution in [2.75, 3.05) is 20.3 Å². The molecule has 0 heterocycles. The Morgan fingerprint density at radius 1 is 1.21 bits per heavy atom. The van der Waals surface area contributed by atoms with Crippen LogP contribution < -0.4 is 5.32 Å². The summed E-state index contributed by atoms with van der Waals surface area (Å²) >= 11 is 0. The van der Waals surface area contributed by atoms with Crippen LogP contribution in [0, 0.1) is 0 Å². The Morgan fingerprint density at radius 2 is 1.89 bits per heavy atom. The van der Waals surface area contributed by atoms with Gasteiger partial charge in [-0.1, -0.05) is 44.5 Å². The molecule has 3 nitrogen and oxygen atoms in total. The number of rotatable bonds is 9. The molecular formula is C16H27NO2. The number of aliphatic hydroxyl groups excluding tert-OH is 1. The molecule has 0 fully saturated rings. The lowest BCUT2D eigenvalue weighted by atomic mass is 9.98. The highest BCUT2D eigenvalue weighted by Gasteiger charge is 2.18. The standard InChI is InChI=1S/C16H27NO2/c1-4-6-13-7-9-14(10-8-13)16(18)15(5-2)17-11-12-19-3/h7-10,15-18H,4-6,11-12H2,1-3H3. The van der Waals surface area contributed by atoms with Crippen LogP contribution >= 0.6 is 0 Å². The Balaban J connectivity index is 2.60. The summed E-state index contributed by atoms with van der Waals surface area (Å²) in [6.07, 6.45) is 2.68. The van der Waals surface area contributed by atoms with E-state index in [0.717, 1.165) is 31.4 Å². The first-order chi connectivity index (χ1) is 9.22. The van der Waals surface area contributed by atoms with Gasteiger partial charge in [-0.05, 0) is 24.0 Å². The van der Waals surface area contributed by atoms with Gasteiger partial charge in [0.05, 0.1) is 12.7 Å². The zero-order valence-electron chi connectivity index (χ0n) is 12.4. The Kier molecular flexibility index (Phi) is 7.72. The van der Waals surface area contributed by atoms with Gasteiger partial charge in [0.1, 0.15) is 0 Å². The molecule has 1 rings (SSSR count). The smallest absolute Gasteiger partial charge is 0.0942 e. The van der Waals surface area contributed by atoms with Crippen molar-refractivity contribution in [3.8, 4) is 0 Å². The van der Waals surface area contributed by atoms with Crippen LogP contribution in [0.25, 0.3) is 0 Å². The van der Waals surface area contributed by atoms with Crippen LogP contribution in [0.5, 0.6) is 0 Å². The van der Waals surface area contributed by atoms with Gasteiger partial charge in [0.2, 0.25) is 0 Å². The normalized spacial score (nSPS) is 14.3. The fraction of sp³-hybridized carbons (Fsp3) is 0.625. The zero-order valence-corrected chi connectivity index (χ0v) is 12.4. The van der Waals surface area contributed by atoms with Crippen LogP contribution in [0.1, 0.15) is 43.9 Å². The molecule has 0 aliphatic rings. The second-order valence-corrected chi connectivity index (χ2v) is 4.90. The Morgan fingerprint density at radius 3 is 2.42 bits per heavy atom. The summed E-state index contributed by atoms with van der Waals surface area (Å²) in [5.41, 5.74) is 2.32. The lowest BCUT2D eigenvalue weighted by Gasteiger charge is -2.23. The van der Waals surface area contributed by atoms with Crippen molar-refractivity contribution in [2.45, 2.75) is 45.3 Å². The maximum Gasteiger partial charge on any atom is 0.0942 e. The third-order valence-corrected chi connectivity index (χ3v) is 3.39. The summed E-state index contributed by atoms with van der Waals surface area (Å²) in [7, 11) is 1.69. The van der Waals surface area contributed by atoms with E-state index in [2.05, 4.69) is 31.3 Å². The van der Waals surface area contributed by atoms with Crippen molar-refractivity contribution < 1.29 is 9.84 Å². The largest absolute Gasteiger partial charge is 0.387 e. The van der Waals surface area contributed by atoms with E-state index in [4.69, 9.17) is 4.74 Å². The summed E-state index contributed by atoms with van der Waals surface area (Å²) in [6.45, 7) is 5.69. The molecule has 0 saturated carbocycles. The van der Waals surface area contributed by atoms with Gasteiger partial charge in [-0.3, -0.25) is 0 Å². The first-order valence-electron chi connectivity index (χ1n) is 7.22. The predicted molar refractivity (Wildman–Crippen MR) is 79.4 cm³/mol. The van der Waals surface area contributed by atoms with Gasteiger partial charge in [0, 0.05) is 19.7 Å². The van der Waals surface area contributed by atoms with E-state index in [1.807, 2.05) is 12.1 Å². The van der Waals surface area contributed by atoms with Crippen LogP contribution in [-0.2, 0) is 11.2 Å². The Hall–Kier alpha value is -0.900. The van der Waals surface area contributed by atoms with Crippen molar-refractivity contribution in [2.24, 2.45) is 0 Å². The van der Waals surface area contributed by atoms with Gasteiger partial charge in [-0.25, -0.2) is 0 Å². The number of aryl methyl sites for hydroxylation is 1. The maximum atomic E-state index is 10.4. The molecule has 0 aromatic heterocycles. The molecule has 0 saturated heterocycles. The van der Waals surface area contributed by atoms with Crippen molar-refractivity contribution in [3.05, 3.63) is 35.4 Å². The minimum atomic E-state index is -0.461. The Bertz CT molecular complexity index is 337. The quantitative estimate of drug-likeness (QED) is 0.675. The molecule has 108 valence electrons. The molecule has 3 heteroatoms. The van der Waals surface area contributed by atoms with E-state index in [1.165, 1.54) is 5.56 Å². The van der Waals surface area contributed by atoms with Crippen LogP contribution in [0.4, 0.5) is 0 Å². The van der Waals surface area contributed by atoms with E-state index in [9.17, 15) is 5.11 Å². The van der Waals surface area contributed by atoms with Gasteiger partial charge in [-0.15, -0.1) is 0 Å². The van der Waals surface area contributed by atoms with Gasteiger partial charge in [-0.2, -0.15) is 0 Å². The second-order valence-electron chi connectivity index (χ2n) is 4.90. The molecule has 0 amide bonds. The third kappa shape index (κ3) is 5.31. The van der Waals surface area contributed by atoms with Gasteiger partial charge in [0.25, 0.3) is 0 Å². The molecule has 2 atom stereocenters. The third-order valence-electron chi connectivity index (χ3n) is 3.39. The molecule has 19 heavy (non-hydrogen) atoms. The van der Waals surface area contributed by atoms with Crippen LogP contribution in [0.2, 0.25) is 0 Å². The minimum Gasteiger partial charge on any atom is -0.387 e. The molecule has 0 aliphatic heterocycles. The number of ether oxygens (including phenoxy) is 1. The molecular weight excluding hydrogens is 238 g/mol. The molecule has 1 aromatic rings. The highest BCUT2D eigenvalue weighted by atomic mass is 16.5. The first kappa shape index (κ1) is 16.2. The predicted octanol–water partition coefficient (Wildman–Crippen LogP) is 2.69. The monoisotopic (exact) mass is 265 g/mol. The fourth-order valence-corrected chi connectivity index (χ4v) is 2.23. The lowest BCUT2D eigenvalue weighted by Crippen LogP contribution is -2.36. The molecule has 0 bridgehead atoms. The second kappa shape index (κ2) is 9.08. The van der Waals surface area contributed by atoms with Crippen LogP contribution in [0.3, 0.4) is 0 Å². The summed E-state index contributed by atoms with van der Waals surface area (Å²) < 4.78 is 5.02. The topological polar surface area (TPSA) is 41.5 Å². The number of hydrogen-bond donors (Lipinski definition) is 2. The average Bonchev–Trinajstić information content (AvgIpc) is 2.44. The van der Waals surface area contributed by atoms with Crippen LogP contribution in [0.15, 0.2) is 24.3 Å². The molecule has 2 N–H and O–H groups in total. The number of nitrogens with one attached hydrogen (secondary N) is 1. The maximum absolute atomic E-state index is 10.4. The summed E-state index contributed by atoms with van der Waals surface area (Å²) in [6, 6.07) is 8.38. The van der Waals surface area contributed by atoms with Crippen molar-refractivity contribution in [3.63, 3.8) is 0 Å². The number of hydrogen-bond acceptors (Lipinski definition) is 3. The number of methoxy groups -OCH3 is 1. The summed E-state index contributed by atoms with van der Waals surface area (Å²) in [5, 5.41) is 13.7. The number of benzene rings is 1. The van der Waals surface area contributed by atoms with E-state index in [1.54, 1.807) is 7.11 Å². The molecule has 1 aromatic carbocycles. The Labute approximate surface area is 117 Å². The van der Waals surface area contributed by atoms with Crippen LogP contribution in [-0.4, -0.2) is 31.4 Å². The highest BCUT2D eigenvalue weighted by Crippen LogP contribution is 2.19. The van der Waals surface area contributed by atoms with Crippen molar-refractivity contribution in [1.82, 2.24) is 5.32 Å². The first-order valence-corrected chi connectivity index (χ1v) is 7.22. The fourth-order valence-electron chi connectivity index (χ4n) is 2.23. The number of aliphatic hydroxyl groups is 1. The summed E-state index contributed by atoms with van der Waals surface area (Å²) in [4.78, 5) is 0. The van der Waals surface area contributed by atoms with E-state index in [-0.39, 0.29) is 6.04 Å². The van der Waals surface area contributed by atoms with Gasteiger partial charge >= 0.3 is 0 Å².